The van der Waals surface area contributed by atoms with Crippen molar-refractivity contribution in [3.63, 3.8) is 0 Å². The van der Waals surface area contributed by atoms with E-state index in [0.717, 1.165) is 18.4 Å². The third kappa shape index (κ3) is 6.43. The molecule has 0 aliphatic heterocycles. The lowest BCUT2D eigenvalue weighted by Gasteiger charge is -2.16. The first-order chi connectivity index (χ1) is 10.1. The second-order valence-corrected chi connectivity index (χ2v) is 5.28. The van der Waals surface area contributed by atoms with Gasteiger partial charge in [0.25, 0.3) is 0 Å². The van der Waals surface area contributed by atoms with E-state index in [9.17, 15) is 9.59 Å². The summed E-state index contributed by atoms with van der Waals surface area (Å²) in [5, 5.41) is 2.59. The molecule has 0 heterocycles. The summed E-state index contributed by atoms with van der Waals surface area (Å²) in [4.78, 5) is 23.7. The summed E-state index contributed by atoms with van der Waals surface area (Å²) in [7, 11) is 0. The first-order valence-electron chi connectivity index (χ1n) is 7.56. The van der Waals surface area contributed by atoms with Gasteiger partial charge in [0.05, 0.1) is 6.04 Å². The molecule has 4 nitrogen and oxygen atoms in total. The molecular formula is C17H25NO3. The SMILES string of the molecule is CCC(CC)CC(=O)C(C)NC(=O)OCc1ccccc1. The molecular weight excluding hydrogens is 266 g/mol. The third-order valence-electron chi connectivity index (χ3n) is 3.67. The number of hydrogen-bond acceptors (Lipinski definition) is 3. The molecule has 1 unspecified atom stereocenters. The first kappa shape index (κ1) is 17.2. The molecule has 0 aromatic heterocycles. The molecule has 1 aromatic rings. The fourth-order valence-corrected chi connectivity index (χ4v) is 2.06. The summed E-state index contributed by atoms with van der Waals surface area (Å²) in [5.41, 5.74) is 0.920. The van der Waals surface area contributed by atoms with Crippen molar-refractivity contribution in [2.75, 3.05) is 0 Å². The van der Waals surface area contributed by atoms with Crippen LogP contribution in [0.3, 0.4) is 0 Å². The number of rotatable bonds is 8. The zero-order chi connectivity index (χ0) is 15.7. The van der Waals surface area contributed by atoms with Crippen LogP contribution in [0.4, 0.5) is 4.79 Å². The van der Waals surface area contributed by atoms with Gasteiger partial charge in [0.2, 0.25) is 0 Å². The molecule has 0 fully saturated rings. The van der Waals surface area contributed by atoms with Crippen LogP contribution in [0.5, 0.6) is 0 Å². The van der Waals surface area contributed by atoms with E-state index in [1.54, 1.807) is 6.92 Å². The van der Waals surface area contributed by atoms with E-state index in [1.165, 1.54) is 0 Å². The minimum absolute atomic E-state index is 0.0559. The van der Waals surface area contributed by atoms with Gasteiger partial charge in [-0.25, -0.2) is 4.79 Å². The monoisotopic (exact) mass is 291 g/mol. The van der Waals surface area contributed by atoms with Crippen molar-refractivity contribution >= 4 is 11.9 Å². The number of nitrogens with one attached hydrogen (secondary N) is 1. The van der Waals surface area contributed by atoms with Gasteiger partial charge in [-0.1, -0.05) is 57.0 Å². The number of carbonyl (C=O) groups is 2. The Morgan fingerprint density at radius 2 is 1.76 bits per heavy atom. The van der Waals surface area contributed by atoms with E-state index in [4.69, 9.17) is 4.74 Å². The van der Waals surface area contributed by atoms with E-state index in [1.807, 2.05) is 30.3 Å². The van der Waals surface area contributed by atoms with Crippen molar-refractivity contribution in [2.24, 2.45) is 5.92 Å². The lowest BCUT2D eigenvalue weighted by molar-refractivity contribution is -0.121. The maximum Gasteiger partial charge on any atom is 0.408 e. The lowest BCUT2D eigenvalue weighted by atomic mass is 9.94. The van der Waals surface area contributed by atoms with E-state index in [0.29, 0.717) is 12.3 Å². The van der Waals surface area contributed by atoms with Gasteiger partial charge in [-0.05, 0) is 18.4 Å². The summed E-state index contributed by atoms with van der Waals surface area (Å²) >= 11 is 0. The van der Waals surface area contributed by atoms with Crippen LogP contribution in [0.1, 0.15) is 45.6 Å². The second-order valence-electron chi connectivity index (χ2n) is 5.28. The molecule has 0 aliphatic carbocycles. The van der Waals surface area contributed by atoms with Crippen LogP contribution in [0, 0.1) is 5.92 Å². The predicted molar refractivity (Wildman–Crippen MR) is 82.9 cm³/mol. The highest BCUT2D eigenvalue weighted by Crippen LogP contribution is 2.13. The third-order valence-corrected chi connectivity index (χ3v) is 3.67. The van der Waals surface area contributed by atoms with E-state index in [-0.39, 0.29) is 12.4 Å². The minimum Gasteiger partial charge on any atom is -0.445 e. The summed E-state index contributed by atoms with van der Waals surface area (Å²) in [6, 6.07) is 8.94. The van der Waals surface area contributed by atoms with Gasteiger partial charge in [-0.3, -0.25) is 4.79 Å². The van der Waals surface area contributed by atoms with Crippen molar-refractivity contribution in [3.8, 4) is 0 Å². The van der Waals surface area contributed by atoms with Gasteiger partial charge in [0, 0.05) is 6.42 Å². The Bertz CT molecular complexity index is 441. The Morgan fingerprint density at radius 1 is 1.14 bits per heavy atom. The van der Waals surface area contributed by atoms with Gasteiger partial charge >= 0.3 is 6.09 Å². The number of Topliss-reactive ketones (excluding diaryl/α,β-unsaturated/α-hetero) is 1. The van der Waals surface area contributed by atoms with Crippen LogP contribution >= 0.6 is 0 Å². The molecule has 0 spiro atoms. The van der Waals surface area contributed by atoms with Crippen molar-refractivity contribution in [2.45, 2.75) is 52.7 Å². The van der Waals surface area contributed by atoms with Crippen LogP contribution in [-0.2, 0) is 16.1 Å². The van der Waals surface area contributed by atoms with Gasteiger partial charge < -0.3 is 10.1 Å². The Labute approximate surface area is 126 Å². The fourth-order valence-electron chi connectivity index (χ4n) is 2.06. The van der Waals surface area contributed by atoms with Gasteiger partial charge in [0.15, 0.2) is 5.78 Å². The highest BCUT2D eigenvalue weighted by atomic mass is 16.5. The minimum atomic E-state index is -0.552. The van der Waals surface area contributed by atoms with Gasteiger partial charge in [-0.15, -0.1) is 0 Å². The van der Waals surface area contributed by atoms with Crippen molar-refractivity contribution in [3.05, 3.63) is 35.9 Å². The predicted octanol–water partition coefficient (Wildman–Crippen LogP) is 3.70. The van der Waals surface area contributed by atoms with Gasteiger partial charge in [0.1, 0.15) is 6.61 Å². The topological polar surface area (TPSA) is 55.4 Å². The number of amides is 1. The largest absolute Gasteiger partial charge is 0.445 e. The molecule has 0 aliphatic rings. The summed E-state index contributed by atoms with van der Waals surface area (Å²) in [6.45, 7) is 6.07. The summed E-state index contributed by atoms with van der Waals surface area (Å²) in [5.74, 6) is 0.447. The fraction of sp³-hybridized carbons (Fsp3) is 0.529. The van der Waals surface area contributed by atoms with Crippen molar-refractivity contribution in [1.82, 2.24) is 5.32 Å². The Balaban J connectivity index is 2.34. The van der Waals surface area contributed by atoms with Crippen LogP contribution in [-0.4, -0.2) is 17.9 Å². The summed E-state index contributed by atoms with van der Waals surface area (Å²) < 4.78 is 5.10. The standard InChI is InChI=1S/C17H25NO3/c1-4-14(5-2)11-16(19)13(3)18-17(20)21-12-15-9-7-6-8-10-15/h6-10,13-14H,4-5,11-12H2,1-3H3,(H,18,20). The number of alkyl carbamates (subject to hydrolysis) is 1. The molecule has 0 bridgehead atoms. The van der Waals surface area contributed by atoms with E-state index in [2.05, 4.69) is 19.2 Å². The summed E-state index contributed by atoms with van der Waals surface area (Å²) in [6.07, 6.45) is 1.91. The van der Waals surface area contributed by atoms with Crippen LogP contribution in [0.15, 0.2) is 30.3 Å². The molecule has 116 valence electrons. The molecule has 1 atom stereocenters. The molecule has 0 radical (unpaired) electrons. The highest BCUT2D eigenvalue weighted by Gasteiger charge is 2.19. The molecule has 1 rings (SSSR count). The highest BCUT2D eigenvalue weighted by molar-refractivity contribution is 5.87. The molecule has 1 amide bonds. The molecule has 0 saturated carbocycles. The Kier molecular flexibility index (Phi) is 7.51. The maximum atomic E-state index is 12.0. The zero-order valence-electron chi connectivity index (χ0n) is 13.1. The van der Waals surface area contributed by atoms with E-state index < -0.39 is 12.1 Å². The number of hydrogen-bond donors (Lipinski definition) is 1. The first-order valence-corrected chi connectivity index (χ1v) is 7.56. The smallest absolute Gasteiger partial charge is 0.408 e. The molecule has 1 N–H and O–H groups in total. The number of benzene rings is 1. The van der Waals surface area contributed by atoms with Crippen molar-refractivity contribution in [1.29, 1.82) is 0 Å². The quantitative estimate of drug-likeness (QED) is 0.794. The van der Waals surface area contributed by atoms with Crippen molar-refractivity contribution < 1.29 is 14.3 Å². The number of carbonyl (C=O) groups excluding carboxylic acids is 2. The van der Waals surface area contributed by atoms with Crippen LogP contribution < -0.4 is 5.32 Å². The average molecular weight is 291 g/mol. The zero-order valence-corrected chi connectivity index (χ0v) is 13.1. The van der Waals surface area contributed by atoms with Gasteiger partial charge in [-0.2, -0.15) is 0 Å². The Morgan fingerprint density at radius 3 is 2.33 bits per heavy atom. The van der Waals surface area contributed by atoms with Crippen LogP contribution in [0.25, 0.3) is 0 Å². The number of ketones is 1. The number of ether oxygens (including phenoxy) is 1. The molecule has 0 saturated heterocycles. The second kappa shape index (κ2) is 9.16. The van der Waals surface area contributed by atoms with E-state index >= 15 is 0 Å². The van der Waals surface area contributed by atoms with Crippen LogP contribution in [0.2, 0.25) is 0 Å². The maximum absolute atomic E-state index is 12.0. The molecule has 21 heavy (non-hydrogen) atoms. The Hall–Kier alpha value is -1.84. The average Bonchev–Trinajstić information content (AvgIpc) is 2.51. The lowest BCUT2D eigenvalue weighted by Crippen LogP contribution is -2.39. The molecule has 4 heteroatoms. The normalized spacial score (nSPS) is 12.0. The molecule has 1 aromatic carbocycles.